The first kappa shape index (κ1) is 12.4. The molecule has 0 aromatic rings. The van der Waals surface area contributed by atoms with Crippen LogP contribution in [0.4, 0.5) is 0 Å². The lowest BCUT2D eigenvalue weighted by Gasteiger charge is -2.16. The fraction of sp³-hybridized carbons (Fsp3) is 0.909. The fourth-order valence-corrected chi connectivity index (χ4v) is 4.67. The molecule has 0 aromatic heterocycles. The van der Waals surface area contributed by atoms with Gasteiger partial charge in [-0.15, -0.1) is 0 Å². The minimum atomic E-state index is 0.425. The molecule has 1 fully saturated rings. The highest BCUT2D eigenvalue weighted by atomic mass is 32.2. The Morgan fingerprint density at radius 1 is 1.36 bits per heavy atom. The molecule has 1 aliphatic rings. The highest BCUT2D eigenvalue weighted by Gasteiger charge is 2.23. The summed E-state index contributed by atoms with van der Waals surface area (Å²) in [5.41, 5.74) is 0. The average Bonchev–Trinajstić information content (AvgIpc) is 2.28. The van der Waals surface area contributed by atoms with Gasteiger partial charge in [0, 0.05) is 34.3 Å². The molecule has 0 bridgehead atoms. The van der Waals surface area contributed by atoms with Crippen molar-refractivity contribution in [1.82, 2.24) is 0 Å². The van der Waals surface area contributed by atoms with Crippen molar-refractivity contribution < 1.29 is 4.79 Å². The van der Waals surface area contributed by atoms with Gasteiger partial charge in [-0.25, -0.2) is 0 Å². The van der Waals surface area contributed by atoms with Crippen molar-refractivity contribution in [3.8, 4) is 0 Å². The second kappa shape index (κ2) is 6.06. The minimum Gasteiger partial charge on any atom is -0.300 e. The number of rotatable bonds is 3. The molecule has 3 atom stereocenters. The van der Waals surface area contributed by atoms with Gasteiger partial charge in [-0.3, -0.25) is 4.79 Å². The van der Waals surface area contributed by atoms with E-state index in [1.165, 1.54) is 12.2 Å². The lowest BCUT2D eigenvalue weighted by Crippen LogP contribution is -2.14. The SMILES string of the molecule is CCC(=O)CC1CC(C)SCC(C)S1. The molecule has 0 amide bonds. The van der Waals surface area contributed by atoms with Crippen LogP contribution in [-0.4, -0.2) is 27.3 Å². The first-order valence-electron chi connectivity index (χ1n) is 5.40. The van der Waals surface area contributed by atoms with Crippen LogP contribution in [0.25, 0.3) is 0 Å². The van der Waals surface area contributed by atoms with E-state index in [2.05, 4.69) is 25.6 Å². The maximum atomic E-state index is 11.4. The Hall–Kier alpha value is 0.370. The predicted molar refractivity (Wildman–Crippen MR) is 67.3 cm³/mol. The summed E-state index contributed by atoms with van der Waals surface area (Å²) >= 11 is 4.07. The molecule has 14 heavy (non-hydrogen) atoms. The van der Waals surface area contributed by atoms with Crippen LogP contribution in [0.15, 0.2) is 0 Å². The summed E-state index contributed by atoms with van der Waals surface area (Å²) < 4.78 is 0. The van der Waals surface area contributed by atoms with E-state index in [4.69, 9.17) is 0 Å². The quantitative estimate of drug-likeness (QED) is 0.742. The van der Waals surface area contributed by atoms with Gasteiger partial charge < -0.3 is 0 Å². The molecular weight excluding hydrogens is 212 g/mol. The van der Waals surface area contributed by atoms with E-state index < -0.39 is 0 Å². The van der Waals surface area contributed by atoms with Gasteiger partial charge in [0.05, 0.1) is 0 Å². The molecule has 0 aromatic carbocycles. The Bertz CT molecular complexity index is 182. The highest BCUT2D eigenvalue weighted by Crippen LogP contribution is 2.35. The Morgan fingerprint density at radius 2 is 2.07 bits per heavy atom. The molecule has 3 unspecified atom stereocenters. The number of thioether (sulfide) groups is 2. The summed E-state index contributed by atoms with van der Waals surface area (Å²) in [5.74, 6) is 1.66. The van der Waals surface area contributed by atoms with Gasteiger partial charge in [-0.2, -0.15) is 23.5 Å². The molecule has 3 heteroatoms. The molecule has 1 nitrogen and oxygen atoms in total. The Kier molecular flexibility index (Phi) is 5.39. The lowest BCUT2D eigenvalue weighted by atomic mass is 10.1. The van der Waals surface area contributed by atoms with Crippen LogP contribution in [0.1, 0.15) is 40.0 Å². The molecule has 1 rings (SSSR count). The fourth-order valence-electron chi connectivity index (χ4n) is 1.69. The van der Waals surface area contributed by atoms with E-state index in [1.54, 1.807) is 0 Å². The number of Topliss-reactive ketones (excluding diaryl/α,β-unsaturated/α-hetero) is 1. The van der Waals surface area contributed by atoms with E-state index in [1.807, 2.05) is 18.7 Å². The molecule has 1 saturated heterocycles. The number of hydrogen-bond donors (Lipinski definition) is 0. The van der Waals surface area contributed by atoms with E-state index >= 15 is 0 Å². The third kappa shape index (κ3) is 4.26. The van der Waals surface area contributed by atoms with Crippen LogP contribution in [-0.2, 0) is 4.79 Å². The van der Waals surface area contributed by atoms with Crippen molar-refractivity contribution in [3.63, 3.8) is 0 Å². The van der Waals surface area contributed by atoms with Crippen LogP contribution in [0.3, 0.4) is 0 Å². The maximum absolute atomic E-state index is 11.4. The Labute approximate surface area is 95.8 Å². The minimum absolute atomic E-state index is 0.425. The molecule has 0 aliphatic carbocycles. The zero-order chi connectivity index (χ0) is 10.6. The van der Waals surface area contributed by atoms with Gasteiger partial charge in [-0.05, 0) is 6.42 Å². The second-order valence-corrected chi connectivity index (χ2v) is 7.26. The summed E-state index contributed by atoms with van der Waals surface area (Å²) in [6.07, 6.45) is 2.69. The van der Waals surface area contributed by atoms with Gasteiger partial charge in [0.1, 0.15) is 5.78 Å². The van der Waals surface area contributed by atoms with Crippen LogP contribution in [0, 0.1) is 0 Å². The van der Waals surface area contributed by atoms with Crippen LogP contribution in [0.5, 0.6) is 0 Å². The molecule has 0 N–H and O–H groups in total. The van der Waals surface area contributed by atoms with Gasteiger partial charge in [0.15, 0.2) is 0 Å². The van der Waals surface area contributed by atoms with Crippen LogP contribution < -0.4 is 0 Å². The maximum Gasteiger partial charge on any atom is 0.133 e. The molecule has 0 saturated carbocycles. The van der Waals surface area contributed by atoms with E-state index in [9.17, 15) is 4.79 Å². The monoisotopic (exact) mass is 232 g/mol. The van der Waals surface area contributed by atoms with Crippen molar-refractivity contribution in [2.45, 2.75) is 55.8 Å². The first-order chi connectivity index (χ1) is 6.61. The summed E-state index contributed by atoms with van der Waals surface area (Å²) in [4.78, 5) is 11.4. The van der Waals surface area contributed by atoms with E-state index in [-0.39, 0.29) is 0 Å². The topological polar surface area (TPSA) is 17.1 Å². The van der Waals surface area contributed by atoms with Crippen molar-refractivity contribution in [2.24, 2.45) is 0 Å². The number of carbonyl (C=O) groups is 1. The second-order valence-electron chi connectivity index (χ2n) is 4.04. The number of hydrogen-bond acceptors (Lipinski definition) is 3. The molecule has 0 radical (unpaired) electrons. The molecule has 1 aliphatic heterocycles. The highest BCUT2D eigenvalue weighted by molar-refractivity contribution is 8.04. The number of ketones is 1. The summed E-state index contributed by atoms with van der Waals surface area (Å²) in [6.45, 7) is 6.52. The normalized spacial score (nSPS) is 33.8. The molecular formula is C11H20OS2. The van der Waals surface area contributed by atoms with Gasteiger partial charge >= 0.3 is 0 Å². The smallest absolute Gasteiger partial charge is 0.133 e. The predicted octanol–water partition coefficient (Wildman–Crippen LogP) is 3.37. The average molecular weight is 232 g/mol. The van der Waals surface area contributed by atoms with Crippen LogP contribution in [0.2, 0.25) is 0 Å². The van der Waals surface area contributed by atoms with Crippen molar-refractivity contribution in [3.05, 3.63) is 0 Å². The zero-order valence-corrected chi connectivity index (χ0v) is 10.9. The Balaban J connectivity index is 2.44. The Morgan fingerprint density at radius 3 is 2.71 bits per heavy atom. The van der Waals surface area contributed by atoms with Crippen molar-refractivity contribution in [1.29, 1.82) is 0 Å². The first-order valence-corrected chi connectivity index (χ1v) is 7.39. The summed E-state index contributed by atoms with van der Waals surface area (Å²) in [7, 11) is 0. The van der Waals surface area contributed by atoms with E-state index in [0.29, 0.717) is 22.7 Å². The van der Waals surface area contributed by atoms with Crippen molar-refractivity contribution in [2.75, 3.05) is 5.75 Å². The summed E-state index contributed by atoms with van der Waals surface area (Å²) in [6, 6.07) is 0. The van der Waals surface area contributed by atoms with E-state index in [0.717, 1.165) is 11.7 Å². The van der Waals surface area contributed by atoms with Gasteiger partial charge in [0.25, 0.3) is 0 Å². The standard InChI is InChI=1S/C11H20OS2/c1-4-10(12)6-11-5-8(2)13-7-9(3)14-11/h8-9,11H,4-7H2,1-3H3. The van der Waals surface area contributed by atoms with Crippen molar-refractivity contribution >= 4 is 29.3 Å². The molecule has 0 spiro atoms. The molecule has 1 heterocycles. The van der Waals surface area contributed by atoms with Gasteiger partial charge in [0.2, 0.25) is 0 Å². The third-order valence-corrected chi connectivity index (χ3v) is 5.52. The number of carbonyl (C=O) groups excluding carboxylic acids is 1. The third-order valence-electron chi connectivity index (χ3n) is 2.48. The summed E-state index contributed by atoms with van der Waals surface area (Å²) in [5, 5.41) is 2.00. The van der Waals surface area contributed by atoms with Crippen LogP contribution >= 0.6 is 23.5 Å². The largest absolute Gasteiger partial charge is 0.300 e. The zero-order valence-electron chi connectivity index (χ0n) is 9.29. The molecule has 82 valence electrons. The van der Waals surface area contributed by atoms with Gasteiger partial charge in [-0.1, -0.05) is 20.8 Å². The lowest BCUT2D eigenvalue weighted by molar-refractivity contribution is -0.118.